The molecular formula is C10H17NO2S. The van der Waals surface area contributed by atoms with E-state index in [-0.39, 0.29) is 12.0 Å². The van der Waals surface area contributed by atoms with Crippen LogP contribution in [0.25, 0.3) is 0 Å². The van der Waals surface area contributed by atoms with Crippen molar-refractivity contribution in [2.45, 2.75) is 25.8 Å². The van der Waals surface area contributed by atoms with Gasteiger partial charge in [0.15, 0.2) is 0 Å². The molecule has 1 spiro atoms. The Morgan fingerprint density at radius 1 is 1.71 bits per heavy atom. The molecule has 2 aliphatic rings. The van der Waals surface area contributed by atoms with Crippen molar-refractivity contribution >= 4 is 17.7 Å². The highest BCUT2D eigenvalue weighted by molar-refractivity contribution is 7.99. The highest BCUT2D eigenvalue weighted by Gasteiger charge is 2.44. The minimum Gasteiger partial charge on any atom is -0.465 e. The van der Waals surface area contributed by atoms with E-state index in [0.29, 0.717) is 12.0 Å². The van der Waals surface area contributed by atoms with Gasteiger partial charge >= 0.3 is 5.97 Å². The molecule has 0 bridgehead atoms. The van der Waals surface area contributed by atoms with Crippen molar-refractivity contribution in [1.82, 2.24) is 5.32 Å². The van der Waals surface area contributed by atoms with E-state index in [9.17, 15) is 4.79 Å². The molecule has 0 amide bonds. The predicted octanol–water partition coefficient (Wildman–Crippen LogP) is 1.03. The number of hydrogen-bond donors (Lipinski definition) is 1. The van der Waals surface area contributed by atoms with E-state index in [4.69, 9.17) is 4.74 Å². The summed E-state index contributed by atoms with van der Waals surface area (Å²) in [6, 6.07) is -0.0475. The van der Waals surface area contributed by atoms with Gasteiger partial charge < -0.3 is 10.1 Å². The lowest BCUT2D eigenvalue weighted by Crippen LogP contribution is -2.32. The minimum absolute atomic E-state index is 0.0475. The number of esters is 1. The van der Waals surface area contributed by atoms with Crippen molar-refractivity contribution in [3.8, 4) is 0 Å². The lowest BCUT2D eigenvalue weighted by atomic mass is 9.85. The van der Waals surface area contributed by atoms with Gasteiger partial charge in [-0.1, -0.05) is 0 Å². The summed E-state index contributed by atoms with van der Waals surface area (Å²) in [4.78, 5) is 11.5. The van der Waals surface area contributed by atoms with Gasteiger partial charge in [0.25, 0.3) is 0 Å². The van der Waals surface area contributed by atoms with Gasteiger partial charge in [0, 0.05) is 12.3 Å². The zero-order valence-corrected chi connectivity index (χ0v) is 9.36. The fraction of sp³-hybridized carbons (Fsp3) is 0.900. The van der Waals surface area contributed by atoms with E-state index in [1.807, 2.05) is 18.7 Å². The van der Waals surface area contributed by atoms with Crippen LogP contribution in [0.5, 0.6) is 0 Å². The van der Waals surface area contributed by atoms with Crippen LogP contribution in [0.15, 0.2) is 0 Å². The van der Waals surface area contributed by atoms with Crippen LogP contribution < -0.4 is 5.32 Å². The normalized spacial score (nSPS) is 36.5. The van der Waals surface area contributed by atoms with E-state index < -0.39 is 0 Å². The van der Waals surface area contributed by atoms with Crippen molar-refractivity contribution in [1.29, 1.82) is 0 Å². The third-order valence-electron chi connectivity index (χ3n) is 3.12. The van der Waals surface area contributed by atoms with E-state index in [0.717, 1.165) is 13.0 Å². The Kier molecular flexibility index (Phi) is 3.02. The average molecular weight is 215 g/mol. The maximum atomic E-state index is 11.5. The third kappa shape index (κ3) is 1.91. The Morgan fingerprint density at radius 2 is 2.57 bits per heavy atom. The van der Waals surface area contributed by atoms with Crippen LogP contribution in [-0.4, -0.2) is 36.7 Å². The van der Waals surface area contributed by atoms with Crippen LogP contribution >= 0.6 is 11.8 Å². The number of carbonyl (C=O) groups excluding carboxylic acids is 1. The molecule has 0 radical (unpaired) electrons. The third-order valence-corrected chi connectivity index (χ3v) is 4.43. The van der Waals surface area contributed by atoms with Gasteiger partial charge in [-0.05, 0) is 30.9 Å². The molecule has 80 valence electrons. The van der Waals surface area contributed by atoms with Gasteiger partial charge in [-0.2, -0.15) is 11.8 Å². The number of ether oxygens (including phenoxy) is 1. The standard InChI is InChI=1S/C10H17NO2S/c1-2-13-9(12)8-5-10(6-11-8)3-4-14-7-10/h8,11H,2-7H2,1H3/t8-,10?/m0/s1. The van der Waals surface area contributed by atoms with Crippen molar-refractivity contribution in [2.24, 2.45) is 5.41 Å². The highest BCUT2D eigenvalue weighted by atomic mass is 32.2. The maximum absolute atomic E-state index is 11.5. The number of rotatable bonds is 2. The summed E-state index contributed by atoms with van der Waals surface area (Å²) in [7, 11) is 0. The molecule has 0 aromatic heterocycles. The molecule has 0 aromatic rings. The second-order valence-corrected chi connectivity index (χ2v) is 5.30. The summed E-state index contributed by atoms with van der Waals surface area (Å²) in [6.07, 6.45) is 2.22. The maximum Gasteiger partial charge on any atom is 0.323 e. The minimum atomic E-state index is -0.0683. The van der Waals surface area contributed by atoms with Crippen LogP contribution in [0.4, 0.5) is 0 Å². The molecule has 1 unspecified atom stereocenters. The zero-order valence-electron chi connectivity index (χ0n) is 8.54. The quantitative estimate of drug-likeness (QED) is 0.698. The van der Waals surface area contributed by atoms with Crippen LogP contribution in [0.1, 0.15) is 19.8 Å². The number of hydrogen-bond acceptors (Lipinski definition) is 4. The summed E-state index contributed by atoms with van der Waals surface area (Å²) < 4.78 is 5.02. The Bertz CT molecular complexity index is 226. The molecule has 2 heterocycles. The smallest absolute Gasteiger partial charge is 0.323 e. The molecule has 4 heteroatoms. The van der Waals surface area contributed by atoms with Crippen LogP contribution in [0.2, 0.25) is 0 Å². The van der Waals surface area contributed by atoms with Crippen LogP contribution in [0.3, 0.4) is 0 Å². The van der Waals surface area contributed by atoms with Gasteiger partial charge in [-0.3, -0.25) is 4.79 Å². The Morgan fingerprint density at radius 3 is 3.21 bits per heavy atom. The van der Waals surface area contributed by atoms with Crippen molar-refractivity contribution in [2.75, 3.05) is 24.7 Å². The molecule has 2 rings (SSSR count). The first-order valence-electron chi connectivity index (χ1n) is 5.23. The first-order chi connectivity index (χ1) is 6.76. The monoisotopic (exact) mass is 215 g/mol. The molecule has 2 atom stereocenters. The molecule has 2 fully saturated rings. The number of thioether (sulfide) groups is 1. The summed E-state index contributed by atoms with van der Waals surface area (Å²) >= 11 is 2.01. The summed E-state index contributed by atoms with van der Waals surface area (Å²) in [6.45, 7) is 3.33. The van der Waals surface area contributed by atoms with E-state index in [2.05, 4.69) is 5.32 Å². The second-order valence-electron chi connectivity index (χ2n) is 4.19. The molecule has 0 aromatic carbocycles. The molecular weight excluding hydrogens is 198 g/mol. The van der Waals surface area contributed by atoms with Gasteiger partial charge in [0.05, 0.1) is 6.61 Å². The molecule has 0 aliphatic carbocycles. The molecule has 14 heavy (non-hydrogen) atoms. The van der Waals surface area contributed by atoms with Crippen molar-refractivity contribution < 1.29 is 9.53 Å². The van der Waals surface area contributed by atoms with Crippen molar-refractivity contribution in [3.63, 3.8) is 0 Å². The lowest BCUT2D eigenvalue weighted by Gasteiger charge is -2.19. The SMILES string of the molecule is CCOC(=O)[C@@H]1CC2(CCSC2)CN1. The van der Waals surface area contributed by atoms with Gasteiger partial charge in [-0.25, -0.2) is 0 Å². The second kappa shape index (κ2) is 4.11. The van der Waals surface area contributed by atoms with E-state index >= 15 is 0 Å². The van der Waals surface area contributed by atoms with Crippen LogP contribution in [-0.2, 0) is 9.53 Å². The first kappa shape index (κ1) is 10.3. The molecule has 2 aliphatic heterocycles. The van der Waals surface area contributed by atoms with Gasteiger partial charge in [0.1, 0.15) is 6.04 Å². The highest BCUT2D eigenvalue weighted by Crippen LogP contribution is 2.42. The Balaban J connectivity index is 1.90. The summed E-state index contributed by atoms with van der Waals surface area (Å²) in [5, 5.41) is 3.29. The van der Waals surface area contributed by atoms with Gasteiger partial charge in [-0.15, -0.1) is 0 Å². The fourth-order valence-corrected chi connectivity index (χ4v) is 3.80. The average Bonchev–Trinajstić information content (AvgIpc) is 2.78. The van der Waals surface area contributed by atoms with Crippen LogP contribution in [0, 0.1) is 5.41 Å². The predicted molar refractivity (Wildman–Crippen MR) is 57.4 cm³/mol. The Labute approximate surface area is 89.0 Å². The fourth-order valence-electron chi connectivity index (χ4n) is 2.28. The first-order valence-corrected chi connectivity index (χ1v) is 6.39. The summed E-state index contributed by atoms with van der Waals surface area (Å²) in [5.74, 6) is 2.38. The zero-order chi connectivity index (χ0) is 10.0. The molecule has 0 saturated carbocycles. The summed E-state index contributed by atoms with van der Waals surface area (Å²) in [5.41, 5.74) is 0.391. The van der Waals surface area contributed by atoms with Gasteiger partial charge in [0.2, 0.25) is 0 Å². The lowest BCUT2D eigenvalue weighted by molar-refractivity contribution is -0.145. The van der Waals surface area contributed by atoms with E-state index in [1.54, 1.807) is 0 Å². The van der Waals surface area contributed by atoms with E-state index in [1.165, 1.54) is 17.9 Å². The topological polar surface area (TPSA) is 38.3 Å². The molecule has 1 N–H and O–H groups in total. The largest absolute Gasteiger partial charge is 0.465 e. The molecule has 3 nitrogen and oxygen atoms in total. The number of nitrogens with one attached hydrogen (secondary N) is 1. The Hall–Kier alpha value is -0.220. The number of carbonyl (C=O) groups is 1. The van der Waals surface area contributed by atoms with Crippen molar-refractivity contribution in [3.05, 3.63) is 0 Å². The molecule has 2 saturated heterocycles.